The number of benzene rings is 1. The van der Waals surface area contributed by atoms with Crippen LogP contribution < -0.4 is 5.19 Å². The molecule has 0 fully saturated rings. The highest BCUT2D eigenvalue weighted by atomic mass is 35.7. The highest BCUT2D eigenvalue weighted by molar-refractivity contribution is 7.44. The zero-order chi connectivity index (χ0) is 21.7. The van der Waals surface area contributed by atoms with E-state index in [1.165, 1.54) is 0 Å². The monoisotopic (exact) mass is 452 g/mol. The second-order valence-corrected chi connectivity index (χ2v) is 21.1. The van der Waals surface area contributed by atoms with Crippen LogP contribution in [0.2, 0.25) is 13.1 Å². The number of hydrogen-bond acceptors (Lipinski definition) is 3. The van der Waals surface area contributed by atoms with Crippen LogP contribution in [0.3, 0.4) is 0 Å². The molecular formula is C20H38Cl2O3Si2. The van der Waals surface area contributed by atoms with Crippen LogP contribution in [0.4, 0.5) is 0 Å². The van der Waals surface area contributed by atoms with Gasteiger partial charge in [-0.05, 0) is 75.4 Å². The Morgan fingerprint density at radius 3 is 1.11 bits per heavy atom. The molecule has 27 heavy (non-hydrogen) atoms. The molecule has 158 valence electrons. The molecule has 1 aromatic rings. The molecule has 0 aliphatic carbocycles. The van der Waals surface area contributed by atoms with Crippen LogP contribution in [-0.4, -0.2) is 32.3 Å². The fourth-order valence-corrected chi connectivity index (χ4v) is 5.59. The fourth-order valence-electron chi connectivity index (χ4n) is 2.09. The summed E-state index contributed by atoms with van der Waals surface area (Å²) in [6.45, 7) is 20.4. The van der Waals surface area contributed by atoms with Crippen molar-refractivity contribution in [3.8, 4) is 0 Å². The summed E-state index contributed by atoms with van der Waals surface area (Å²) >= 11 is 10.9. The van der Waals surface area contributed by atoms with E-state index in [2.05, 4.69) is 0 Å². The van der Waals surface area contributed by atoms with Crippen LogP contribution in [0.5, 0.6) is 0 Å². The lowest BCUT2D eigenvalue weighted by Gasteiger charge is -2.43. The first-order chi connectivity index (χ1) is 11.7. The minimum Gasteiger partial charge on any atom is -0.365 e. The second-order valence-electron chi connectivity index (χ2n) is 9.89. The molecule has 0 saturated heterocycles. The molecule has 3 nitrogen and oxygen atoms in total. The van der Waals surface area contributed by atoms with Crippen molar-refractivity contribution in [2.75, 3.05) is 0 Å². The third kappa shape index (κ3) is 14.7. The van der Waals surface area contributed by atoms with Gasteiger partial charge in [0.25, 0.3) is 0 Å². The van der Waals surface area contributed by atoms with E-state index in [1.807, 2.05) is 106 Å². The van der Waals surface area contributed by atoms with Gasteiger partial charge in [-0.1, -0.05) is 30.3 Å². The van der Waals surface area contributed by atoms with Gasteiger partial charge in [0.1, 0.15) is 0 Å². The van der Waals surface area contributed by atoms with Gasteiger partial charge in [0.05, 0.1) is 16.8 Å². The predicted molar refractivity (Wildman–Crippen MR) is 124 cm³/mol. The van der Waals surface area contributed by atoms with Gasteiger partial charge < -0.3 is 13.3 Å². The maximum Gasteiger partial charge on any atom is 0.538 e. The average Bonchev–Trinajstić information content (AvgIpc) is 2.31. The molecular weight excluding hydrogens is 415 g/mol. The van der Waals surface area contributed by atoms with E-state index in [0.717, 1.165) is 5.19 Å². The Morgan fingerprint density at radius 2 is 0.889 bits per heavy atom. The Labute approximate surface area is 178 Å². The number of hydrogen-bond donors (Lipinski definition) is 0. The topological polar surface area (TPSA) is 27.7 Å². The molecule has 0 aliphatic heterocycles. The molecule has 1 rings (SSSR count). The van der Waals surface area contributed by atoms with E-state index < -0.39 is 15.5 Å². The van der Waals surface area contributed by atoms with E-state index in [0.29, 0.717) is 0 Å². The molecule has 0 spiro atoms. The molecule has 1 aromatic carbocycles. The van der Waals surface area contributed by atoms with Crippen LogP contribution in [0.1, 0.15) is 62.3 Å². The second kappa shape index (κ2) is 9.74. The van der Waals surface area contributed by atoms with Gasteiger partial charge in [-0.2, -0.15) is 0 Å². The first-order valence-electron chi connectivity index (χ1n) is 9.26. The van der Waals surface area contributed by atoms with E-state index >= 15 is 0 Å². The molecule has 0 atom stereocenters. The smallest absolute Gasteiger partial charge is 0.365 e. The van der Waals surface area contributed by atoms with Crippen molar-refractivity contribution >= 4 is 42.8 Å². The summed E-state index contributed by atoms with van der Waals surface area (Å²) in [4.78, 5) is 0. The van der Waals surface area contributed by atoms with E-state index in [1.54, 1.807) is 0 Å². The minimum absolute atomic E-state index is 0.363. The predicted octanol–water partition coefficient (Wildman–Crippen LogP) is 6.44. The fraction of sp³-hybridized carbons (Fsp3) is 0.700. The normalized spacial score (nSPS) is 13.8. The summed E-state index contributed by atoms with van der Waals surface area (Å²) in [5.74, 6) is 0. The summed E-state index contributed by atoms with van der Waals surface area (Å²) in [7, 11) is -3.08. The maximum absolute atomic E-state index is 6.46. The van der Waals surface area contributed by atoms with E-state index in [9.17, 15) is 0 Å². The lowest BCUT2D eigenvalue weighted by Crippen LogP contribution is -2.64. The number of rotatable bonds is 4. The Kier molecular flexibility index (Phi) is 9.78. The highest BCUT2D eigenvalue weighted by Gasteiger charge is 2.52. The molecule has 0 N–H and O–H groups in total. The molecule has 0 bridgehead atoms. The van der Waals surface area contributed by atoms with Crippen molar-refractivity contribution in [1.29, 1.82) is 0 Å². The van der Waals surface area contributed by atoms with E-state index in [-0.39, 0.29) is 16.8 Å². The highest BCUT2D eigenvalue weighted by Crippen LogP contribution is 2.28. The van der Waals surface area contributed by atoms with Crippen molar-refractivity contribution in [2.45, 2.75) is 92.2 Å². The summed E-state index contributed by atoms with van der Waals surface area (Å²) in [5.41, 5.74) is -1.09. The molecule has 0 heterocycles. The quantitative estimate of drug-likeness (QED) is 0.388. The first-order valence-corrected chi connectivity index (χ1v) is 16.0. The summed E-state index contributed by atoms with van der Waals surface area (Å²) in [6, 6.07) is 10.1. The van der Waals surface area contributed by atoms with Gasteiger partial charge in [0.15, 0.2) is 0 Å². The average molecular weight is 454 g/mol. The molecule has 0 unspecified atom stereocenters. The van der Waals surface area contributed by atoms with Gasteiger partial charge in [-0.25, -0.2) is 0 Å². The summed E-state index contributed by atoms with van der Waals surface area (Å²) < 4.78 is 19.4. The van der Waals surface area contributed by atoms with Gasteiger partial charge in [0.2, 0.25) is 6.69 Å². The first kappa shape index (κ1) is 27.1. The number of halogens is 2. The van der Waals surface area contributed by atoms with E-state index in [4.69, 9.17) is 35.4 Å². The van der Waals surface area contributed by atoms with Crippen LogP contribution in [0.25, 0.3) is 0 Å². The maximum atomic E-state index is 6.46. The van der Waals surface area contributed by atoms with Gasteiger partial charge >= 0.3 is 8.80 Å². The van der Waals surface area contributed by atoms with Gasteiger partial charge in [-0.15, -0.1) is 22.2 Å². The minimum atomic E-state index is -3.08. The van der Waals surface area contributed by atoms with Crippen LogP contribution in [0, 0.1) is 0 Å². The summed E-state index contributed by atoms with van der Waals surface area (Å²) in [5, 5.41) is 0.995. The molecule has 7 heteroatoms. The van der Waals surface area contributed by atoms with Crippen LogP contribution >= 0.6 is 22.2 Å². The lowest BCUT2D eigenvalue weighted by atomic mass is 10.2. The molecule has 0 aliphatic rings. The lowest BCUT2D eigenvalue weighted by molar-refractivity contribution is -0.0655. The van der Waals surface area contributed by atoms with Crippen molar-refractivity contribution in [3.63, 3.8) is 0 Å². The van der Waals surface area contributed by atoms with Crippen molar-refractivity contribution in [2.24, 2.45) is 0 Å². The third-order valence-corrected chi connectivity index (χ3v) is 6.13. The molecule has 0 amide bonds. The standard InChI is InChI=1S/C18H32O3Si.C2H6Cl2Si/c1-16(2,3)19-22(20-17(4,5)6,21-18(7,8)9)15-13-11-10-12-14-15;1-5(2,3)4/h10-14H,1-9H3;1-2H3. The van der Waals surface area contributed by atoms with Crippen molar-refractivity contribution < 1.29 is 13.3 Å². The van der Waals surface area contributed by atoms with Gasteiger partial charge in [0, 0.05) is 5.19 Å². The Bertz CT molecular complexity index is 507. The SMILES string of the molecule is CC(C)(C)O[Si](OC(C)(C)C)(OC(C)(C)C)c1ccccc1.C[Si](C)(Cl)Cl. The Balaban J connectivity index is 0.00000119. The zero-order valence-corrected chi connectivity index (χ0v) is 22.4. The Hall–Kier alpha value is 0.114. The van der Waals surface area contributed by atoms with Gasteiger partial charge in [-0.3, -0.25) is 0 Å². The molecule has 0 saturated carbocycles. The molecule has 0 aromatic heterocycles. The van der Waals surface area contributed by atoms with Crippen LogP contribution in [-0.2, 0) is 13.3 Å². The Morgan fingerprint density at radius 1 is 0.630 bits per heavy atom. The third-order valence-electron chi connectivity index (χ3n) is 2.45. The largest absolute Gasteiger partial charge is 0.538 e. The van der Waals surface area contributed by atoms with Crippen molar-refractivity contribution in [1.82, 2.24) is 0 Å². The zero-order valence-electron chi connectivity index (χ0n) is 18.9. The van der Waals surface area contributed by atoms with Crippen LogP contribution in [0.15, 0.2) is 30.3 Å². The van der Waals surface area contributed by atoms with Crippen molar-refractivity contribution in [3.05, 3.63) is 30.3 Å². The molecule has 0 radical (unpaired) electrons. The summed E-state index contributed by atoms with van der Waals surface area (Å²) in [6.07, 6.45) is 0.